The molecule has 1 N–H and O–H groups in total. The van der Waals surface area contributed by atoms with Gasteiger partial charge in [0, 0.05) is 25.0 Å². The fourth-order valence-corrected chi connectivity index (χ4v) is 2.50. The van der Waals surface area contributed by atoms with Crippen molar-refractivity contribution in [1.82, 2.24) is 19.9 Å². The van der Waals surface area contributed by atoms with E-state index in [4.69, 9.17) is 4.52 Å². The summed E-state index contributed by atoms with van der Waals surface area (Å²) in [4.78, 5) is 8.76. The maximum atomic E-state index is 9.83. The van der Waals surface area contributed by atoms with Crippen molar-refractivity contribution in [3.05, 3.63) is 11.7 Å². The number of aromatic nitrogens is 2. The summed E-state index contributed by atoms with van der Waals surface area (Å²) >= 11 is 0. The Morgan fingerprint density at radius 2 is 2.21 bits per heavy atom. The molecule has 2 heterocycles. The van der Waals surface area contributed by atoms with Gasteiger partial charge >= 0.3 is 0 Å². The summed E-state index contributed by atoms with van der Waals surface area (Å²) in [5.74, 6) is 1.67. The first-order chi connectivity index (χ1) is 8.95. The van der Waals surface area contributed by atoms with E-state index >= 15 is 0 Å². The normalized spacial score (nSPS) is 24.8. The Morgan fingerprint density at radius 3 is 2.79 bits per heavy atom. The topological polar surface area (TPSA) is 65.6 Å². The summed E-state index contributed by atoms with van der Waals surface area (Å²) < 4.78 is 5.28. The Labute approximate surface area is 114 Å². The minimum absolute atomic E-state index is 0.252. The molecule has 1 aliphatic heterocycles. The molecule has 1 aromatic heterocycles. The predicted molar refractivity (Wildman–Crippen MR) is 71.8 cm³/mol. The number of nitrogens with zero attached hydrogens (tertiary/aromatic N) is 4. The van der Waals surface area contributed by atoms with Gasteiger partial charge in [-0.05, 0) is 20.5 Å². The van der Waals surface area contributed by atoms with Crippen LogP contribution in [0, 0.1) is 0 Å². The number of hydrogen-bond acceptors (Lipinski definition) is 6. The van der Waals surface area contributed by atoms with Gasteiger partial charge in [-0.2, -0.15) is 4.98 Å². The second-order valence-corrected chi connectivity index (χ2v) is 5.94. The first kappa shape index (κ1) is 14.4. The second kappa shape index (κ2) is 5.98. The molecule has 6 nitrogen and oxygen atoms in total. The van der Waals surface area contributed by atoms with Crippen LogP contribution >= 0.6 is 0 Å². The molecule has 0 saturated carbocycles. The van der Waals surface area contributed by atoms with Crippen LogP contribution in [0.2, 0.25) is 0 Å². The first-order valence-electron chi connectivity index (χ1n) is 6.85. The molecule has 0 aromatic carbocycles. The van der Waals surface area contributed by atoms with Crippen molar-refractivity contribution >= 4 is 0 Å². The third-order valence-electron chi connectivity index (χ3n) is 3.42. The summed E-state index contributed by atoms with van der Waals surface area (Å²) in [5, 5.41) is 13.8. The standard InChI is InChI=1S/C13H24N4O2/c1-9(2)13-14-12(19-15-13)8-17-7-11(18)5-10(17)6-16(3)4/h9-11,18H,5-8H2,1-4H3. The molecule has 0 spiro atoms. The summed E-state index contributed by atoms with van der Waals surface area (Å²) in [7, 11) is 4.10. The lowest BCUT2D eigenvalue weighted by Gasteiger charge is -2.25. The third-order valence-corrected chi connectivity index (χ3v) is 3.42. The number of aliphatic hydroxyl groups excluding tert-OH is 1. The summed E-state index contributed by atoms with van der Waals surface area (Å²) in [6.07, 6.45) is 0.557. The second-order valence-electron chi connectivity index (χ2n) is 5.94. The number of likely N-dealkylation sites (tertiary alicyclic amines) is 1. The van der Waals surface area contributed by atoms with E-state index in [9.17, 15) is 5.11 Å². The van der Waals surface area contributed by atoms with Crippen molar-refractivity contribution in [2.75, 3.05) is 27.2 Å². The summed E-state index contributed by atoms with van der Waals surface area (Å²) in [6.45, 7) is 6.32. The van der Waals surface area contributed by atoms with E-state index in [-0.39, 0.29) is 12.0 Å². The Balaban J connectivity index is 1.99. The van der Waals surface area contributed by atoms with E-state index in [2.05, 4.69) is 19.9 Å². The average molecular weight is 268 g/mol. The van der Waals surface area contributed by atoms with Gasteiger partial charge in [-0.3, -0.25) is 4.90 Å². The Hall–Kier alpha value is -0.980. The number of rotatable bonds is 5. The molecule has 0 bridgehead atoms. The minimum atomic E-state index is -0.252. The van der Waals surface area contributed by atoms with E-state index in [1.165, 1.54) is 0 Å². The Bertz CT molecular complexity index is 405. The van der Waals surface area contributed by atoms with Crippen LogP contribution in [0.15, 0.2) is 4.52 Å². The highest BCUT2D eigenvalue weighted by molar-refractivity contribution is 4.94. The quantitative estimate of drug-likeness (QED) is 0.847. The molecular weight excluding hydrogens is 244 g/mol. The molecule has 108 valence electrons. The van der Waals surface area contributed by atoms with Gasteiger partial charge in [0.25, 0.3) is 0 Å². The van der Waals surface area contributed by atoms with Crippen LogP contribution in [0.25, 0.3) is 0 Å². The predicted octanol–water partition coefficient (Wildman–Crippen LogP) is 0.690. The smallest absolute Gasteiger partial charge is 0.240 e. The maximum absolute atomic E-state index is 9.83. The van der Waals surface area contributed by atoms with Crippen molar-refractivity contribution in [3.8, 4) is 0 Å². The van der Waals surface area contributed by atoms with Crippen LogP contribution in [-0.4, -0.2) is 64.4 Å². The van der Waals surface area contributed by atoms with Gasteiger partial charge in [0.2, 0.25) is 5.89 Å². The zero-order valence-corrected chi connectivity index (χ0v) is 12.2. The van der Waals surface area contributed by atoms with Gasteiger partial charge in [0.15, 0.2) is 5.82 Å². The van der Waals surface area contributed by atoms with Crippen LogP contribution < -0.4 is 0 Å². The van der Waals surface area contributed by atoms with Crippen molar-refractivity contribution in [2.24, 2.45) is 0 Å². The van der Waals surface area contributed by atoms with E-state index in [0.29, 0.717) is 25.0 Å². The lowest BCUT2D eigenvalue weighted by molar-refractivity contribution is 0.158. The monoisotopic (exact) mass is 268 g/mol. The zero-order valence-electron chi connectivity index (χ0n) is 12.2. The highest BCUT2D eigenvalue weighted by Gasteiger charge is 2.32. The number of likely N-dealkylation sites (N-methyl/N-ethyl adjacent to an activating group) is 1. The molecule has 2 atom stereocenters. The van der Waals surface area contributed by atoms with Crippen molar-refractivity contribution in [2.45, 2.75) is 44.9 Å². The largest absolute Gasteiger partial charge is 0.392 e. The SMILES string of the molecule is CC(C)c1noc(CN2CC(O)CC2CN(C)C)n1. The van der Waals surface area contributed by atoms with Crippen molar-refractivity contribution < 1.29 is 9.63 Å². The first-order valence-corrected chi connectivity index (χ1v) is 6.85. The molecule has 0 radical (unpaired) electrons. The third kappa shape index (κ3) is 3.75. The van der Waals surface area contributed by atoms with Crippen molar-refractivity contribution in [3.63, 3.8) is 0 Å². The maximum Gasteiger partial charge on any atom is 0.240 e. The van der Waals surface area contributed by atoms with E-state index in [1.54, 1.807) is 0 Å². The number of aliphatic hydroxyl groups is 1. The zero-order chi connectivity index (χ0) is 14.0. The van der Waals surface area contributed by atoms with E-state index < -0.39 is 0 Å². The van der Waals surface area contributed by atoms with Gasteiger partial charge in [-0.15, -0.1) is 0 Å². The lowest BCUT2D eigenvalue weighted by Crippen LogP contribution is -2.37. The van der Waals surface area contributed by atoms with Crippen LogP contribution in [-0.2, 0) is 6.54 Å². The van der Waals surface area contributed by atoms with Gasteiger partial charge < -0.3 is 14.5 Å². The Kier molecular flexibility index (Phi) is 4.54. The van der Waals surface area contributed by atoms with Gasteiger partial charge in [0.05, 0.1) is 12.6 Å². The fraction of sp³-hybridized carbons (Fsp3) is 0.846. The molecule has 1 aliphatic rings. The molecule has 1 fully saturated rings. The van der Waals surface area contributed by atoms with Crippen LogP contribution in [0.5, 0.6) is 0 Å². The fourth-order valence-electron chi connectivity index (χ4n) is 2.50. The highest BCUT2D eigenvalue weighted by atomic mass is 16.5. The molecule has 2 rings (SSSR count). The number of hydrogen-bond donors (Lipinski definition) is 1. The van der Waals surface area contributed by atoms with E-state index in [0.717, 1.165) is 18.8 Å². The molecule has 2 unspecified atom stereocenters. The van der Waals surface area contributed by atoms with Crippen LogP contribution in [0.3, 0.4) is 0 Å². The molecule has 1 saturated heterocycles. The minimum Gasteiger partial charge on any atom is -0.392 e. The van der Waals surface area contributed by atoms with Gasteiger partial charge in [-0.25, -0.2) is 0 Å². The van der Waals surface area contributed by atoms with Crippen LogP contribution in [0.1, 0.15) is 37.9 Å². The molecule has 0 amide bonds. The molecule has 1 aromatic rings. The van der Waals surface area contributed by atoms with Gasteiger partial charge in [0.1, 0.15) is 0 Å². The Morgan fingerprint density at radius 1 is 1.47 bits per heavy atom. The highest BCUT2D eigenvalue weighted by Crippen LogP contribution is 2.21. The van der Waals surface area contributed by atoms with Gasteiger partial charge in [-0.1, -0.05) is 19.0 Å². The summed E-state index contributed by atoms with van der Waals surface area (Å²) in [5.41, 5.74) is 0. The van der Waals surface area contributed by atoms with E-state index in [1.807, 2.05) is 27.9 Å². The molecule has 19 heavy (non-hydrogen) atoms. The average Bonchev–Trinajstić information content (AvgIpc) is 2.86. The number of β-amino-alcohol motifs (C(OH)–C–C–N with tert-alkyl or cyclic N) is 1. The lowest BCUT2D eigenvalue weighted by atomic mass is 10.2. The molecular formula is C13H24N4O2. The molecule has 0 aliphatic carbocycles. The summed E-state index contributed by atoms with van der Waals surface area (Å²) in [6, 6.07) is 0.347. The van der Waals surface area contributed by atoms with Crippen LogP contribution in [0.4, 0.5) is 0 Å². The van der Waals surface area contributed by atoms with Crippen molar-refractivity contribution in [1.29, 1.82) is 0 Å². The molecule has 6 heteroatoms.